The molecule has 4 aromatic rings. The molecule has 8 heteroatoms. The van der Waals surface area contributed by atoms with Crippen LogP contribution in [0.5, 0.6) is 17.2 Å². The van der Waals surface area contributed by atoms with Gasteiger partial charge in [-0.25, -0.2) is 4.98 Å². The van der Waals surface area contributed by atoms with E-state index in [1.54, 1.807) is 12.0 Å². The van der Waals surface area contributed by atoms with Gasteiger partial charge in [-0.1, -0.05) is 29.8 Å². The molecule has 6 nitrogen and oxygen atoms in total. The van der Waals surface area contributed by atoms with Gasteiger partial charge in [0.1, 0.15) is 22.3 Å². The molecule has 5 rings (SSSR count). The molecule has 0 unspecified atom stereocenters. The number of hydrogen-bond acceptors (Lipinski definition) is 6. The van der Waals surface area contributed by atoms with E-state index in [0.29, 0.717) is 30.3 Å². The molecule has 0 bridgehead atoms. The molecule has 2 heterocycles. The molecule has 1 aliphatic heterocycles. The first kappa shape index (κ1) is 23.2. The third-order valence-electron chi connectivity index (χ3n) is 5.66. The van der Waals surface area contributed by atoms with E-state index in [4.69, 9.17) is 30.8 Å². The number of amides is 1. The zero-order chi connectivity index (χ0) is 24.2. The Morgan fingerprint density at radius 1 is 1.09 bits per heavy atom. The van der Waals surface area contributed by atoms with E-state index in [2.05, 4.69) is 0 Å². The normalized spacial score (nSPS) is 12.7. The van der Waals surface area contributed by atoms with Gasteiger partial charge in [-0.15, -0.1) is 11.3 Å². The Kier molecular flexibility index (Phi) is 6.88. The molecule has 3 aromatic carbocycles. The fourth-order valence-corrected chi connectivity index (χ4v) is 5.01. The van der Waals surface area contributed by atoms with Gasteiger partial charge >= 0.3 is 0 Å². The molecule has 1 aromatic heterocycles. The highest BCUT2D eigenvalue weighted by Crippen LogP contribution is 2.38. The molecular formula is C27H23ClN2O4S. The van der Waals surface area contributed by atoms with E-state index < -0.39 is 0 Å². The zero-order valence-electron chi connectivity index (χ0n) is 19.1. The minimum absolute atomic E-state index is 0.0268. The summed E-state index contributed by atoms with van der Waals surface area (Å²) in [5, 5.41) is 3.52. The van der Waals surface area contributed by atoms with Crippen molar-refractivity contribution in [3.8, 4) is 39.1 Å². The molecule has 178 valence electrons. The van der Waals surface area contributed by atoms with Crippen molar-refractivity contribution in [2.75, 3.05) is 31.8 Å². The summed E-state index contributed by atoms with van der Waals surface area (Å²) in [7, 11) is 1.63. The molecule has 0 aliphatic carbocycles. The van der Waals surface area contributed by atoms with E-state index in [-0.39, 0.29) is 12.5 Å². The van der Waals surface area contributed by atoms with Crippen LogP contribution in [-0.4, -0.2) is 37.8 Å². The standard InChI is InChI=1S/C27H23ClN2O4S/c1-32-19-8-10-20(11-9-19)33-14-4-13-30-24-15-18(7-12-25(24)34-16-26(30)31)23-17-35-27(29-23)21-5-2-3-6-22(21)28/h2-3,5-12,15,17H,4,13-14,16H2,1H3. The summed E-state index contributed by atoms with van der Waals surface area (Å²) in [6.45, 7) is 1.04. The van der Waals surface area contributed by atoms with Gasteiger partial charge < -0.3 is 19.1 Å². The van der Waals surface area contributed by atoms with Gasteiger partial charge in [0.2, 0.25) is 0 Å². The van der Waals surface area contributed by atoms with Crippen LogP contribution in [0.1, 0.15) is 6.42 Å². The smallest absolute Gasteiger partial charge is 0.265 e. The number of carbonyl (C=O) groups excluding carboxylic acids is 1. The largest absolute Gasteiger partial charge is 0.497 e. The second kappa shape index (κ2) is 10.4. The van der Waals surface area contributed by atoms with Crippen LogP contribution in [0.4, 0.5) is 5.69 Å². The van der Waals surface area contributed by atoms with Gasteiger partial charge in [-0.3, -0.25) is 4.79 Å². The van der Waals surface area contributed by atoms with E-state index in [1.807, 2.05) is 72.1 Å². The monoisotopic (exact) mass is 506 g/mol. The summed E-state index contributed by atoms with van der Waals surface area (Å²) in [6.07, 6.45) is 0.675. The topological polar surface area (TPSA) is 60.9 Å². The average Bonchev–Trinajstić information content (AvgIpc) is 3.38. The van der Waals surface area contributed by atoms with Crippen molar-refractivity contribution < 1.29 is 19.0 Å². The quantitative estimate of drug-likeness (QED) is 0.261. The van der Waals surface area contributed by atoms with Gasteiger partial charge in [0.25, 0.3) is 5.91 Å². The Bertz CT molecular complexity index is 1340. The van der Waals surface area contributed by atoms with Crippen LogP contribution >= 0.6 is 22.9 Å². The fraction of sp³-hybridized carbons (Fsp3) is 0.185. The molecule has 0 spiro atoms. The predicted molar refractivity (Wildman–Crippen MR) is 139 cm³/mol. The van der Waals surface area contributed by atoms with Crippen LogP contribution in [0, 0.1) is 0 Å². The first-order chi connectivity index (χ1) is 17.1. The lowest BCUT2D eigenvalue weighted by Crippen LogP contribution is -2.39. The highest BCUT2D eigenvalue weighted by Gasteiger charge is 2.26. The van der Waals surface area contributed by atoms with Gasteiger partial charge in [0, 0.05) is 23.1 Å². The number of aromatic nitrogens is 1. The summed E-state index contributed by atoms with van der Waals surface area (Å²) in [5.41, 5.74) is 3.39. The number of hydrogen-bond donors (Lipinski definition) is 0. The molecule has 0 saturated carbocycles. The molecule has 0 radical (unpaired) electrons. The minimum atomic E-state index is -0.0749. The van der Waals surface area contributed by atoms with E-state index in [1.165, 1.54) is 11.3 Å². The van der Waals surface area contributed by atoms with Crippen molar-refractivity contribution in [1.82, 2.24) is 4.98 Å². The van der Waals surface area contributed by atoms with Gasteiger partial charge in [-0.05, 0) is 55.0 Å². The summed E-state index contributed by atoms with van der Waals surface area (Å²) in [6, 6.07) is 20.9. The summed E-state index contributed by atoms with van der Waals surface area (Å²) in [5.74, 6) is 2.16. The lowest BCUT2D eigenvalue weighted by atomic mass is 10.1. The van der Waals surface area contributed by atoms with Crippen molar-refractivity contribution in [2.45, 2.75) is 6.42 Å². The SMILES string of the molecule is COc1ccc(OCCCN2C(=O)COc3ccc(-c4csc(-c5ccccc5Cl)n4)cc32)cc1. The van der Waals surface area contributed by atoms with Gasteiger partial charge in [-0.2, -0.15) is 0 Å². The van der Waals surface area contributed by atoms with Crippen molar-refractivity contribution in [3.63, 3.8) is 0 Å². The fourth-order valence-electron chi connectivity index (χ4n) is 3.86. The number of rotatable bonds is 8. The van der Waals surface area contributed by atoms with E-state index in [9.17, 15) is 4.79 Å². The Morgan fingerprint density at radius 2 is 1.89 bits per heavy atom. The maximum atomic E-state index is 12.7. The highest BCUT2D eigenvalue weighted by molar-refractivity contribution is 7.13. The van der Waals surface area contributed by atoms with Crippen molar-refractivity contribution in [1.29, 1.82) is 0 Å². The van der Waals surface area contributed by atoms with Crippen molar-refractivity contribution >= 4 is 34.5 Å². The Balaban J connectivity index is 1.30. The molecule has 1 amide bonds. The molecule has 1 aliphatic rings. The lowest BCUT2D eigenvalue weighted by Gasteiger charge is -2.29. The molecule has 0 saturated heterocycles. The van der Waals surface area contributed by atoms with Crippen molar-refractivity contribution in [2.24, 2.45) is 0 Å². The number of benzene rings is 3. The number of thiazole rings is 1. The summed E-state index contributed by atoms with van der Waals surface area (Å²) in [4.78, 5) is 19.2. The van der Waals surface area contributed by atoms with Gasteiger partial charge in [0.05, 0.1) is 30.1 Å². The molecule has 0 N–H and O–H groups in total. The summed E-state index contributed by atoms with van der Waals surface area (Å²) >= 11 is 7.88. The first-order valence-electron chi connectivity index (χ1n) is 11.2. The maximum absolute atomic E-state index is 12.7. The molecular weight excluding hydrogens is 484 g/mol. The van der Waals surface area contributed by atoms with E-state index in [0.717, 1.165) is 39.0 Å². The number of methoxy groups -OCH3 is 1. The number of carbonyl (C=O) groups is 1. The Labute approximate surface area is 212 Å². The molecule has 0 fully saturated rings. The van der Waals surface area contributed by atoms with Crippen LogP contribution in [0.25, 0.3) is 21.8 Å². The van der Waals surface area contributed by atoms with Crippen LogP contribution < -0.4 is 19.1 Å². The lowest BCUT2D eigenvalue weighted by molar-refractivity contribution is -0.121. The Hall–Kier alpha value is -3.55. The highest BCUT2D eigenvalue weighted by atomic mass is 35.5. The van der Waals surface area contributed by atoms with E-state index >= 15 is 0 Å². The van der Waals surface area contributed by atoms with Crippen molar-refractivity contribution in [3.05, 3.63) is 77.1 Å². The minimum Gasteiger partial charge on any atom is -0.497 e. The number of halogens is 1. The summed E-state index contributed by atoms with van der Waals surface area (Å²) < 4.78 is 16.7. The predicted octanol–water partition coefficient (Wildman–Crippen LogP) is 6.33. The van der Waals surface area contributed by atoms with Crippen LogP contribution in [0.15, 0.2) is 72.1 Å². The maximum Gasteiger partial charge on any atom is 0.265 e. The van der Waals surface area contributed by atoms with Gasteiger partial charge in [0.15, 0.2) is 6.61 Å². The average molecular weight is 507 g/mol. The number of nitrogens with zero attached hydrogens (tertiary/aromatic N) is 2. The number of anilines is 1. The molecule has 0 atom stereocenters. The van der Waals surface area contributed by atoms with Crippen LogP contribution in [-0.2, 0) is 4.79 Å². The second-order valence-corrected chi connectivity index (χ2v) is 9.18. The number of ether oxygens (including phenoxy) is 3. The first-order valence-corrected chi connectivity index (χ1v) is 12.4. The van der Waals surface area contributed by atoms with Crippen LogP contribution in [0.2, 0.25) is 5.02 Å². The third kappa shape index (κ3) is 5.11. The second-order valence-electron chi connectivity index (χ2n) is 7.91. The Morgan fingerprint density at radius 3 is 2.69 bits per heavy atom. The number of fused-ring (bicyclic) bond motifs is 1. The van der Waals surface area contributed by atoms with Crippen LogP contribution in [0.3, 0.4) is 0 Å². The third-order valence-corrected chi connectivity index (χ3v) is 6.87. The zero-order valence-corrected chi connectivity index (χ0v) is 20.6. The molecule has 35 heavy (non-hydrogen) atoms.